The van der Waals surface area contributed by atoms with Crippen LogP contribution in [0.3, 0.4) is 0 Å². The number of carbonyl (C=O) groups excluding carboxylic acids is 1. The summed E-state index contributed by atoms with van der Waals surface area (Å²) in [6.45, 7) is 6.75. The monoisotopic (exact) mass is 340 g/mol. The lowest BCUT2D eigenvalue weighted by Crippen LogP contribution is -2.14. The van der Waals surface area contributed by atoms with E-state index in [4.69, 9.17) is 9.47 Å². The number of methoxy groups -OCH3 is 1. The zero-order valence-electron chi connectivity index (χ0n) is 15.4. The van der Waals surface area contributed by atoms with E-state index in [1.807, 2.05) is 37.9 Å². The average Bonchev–Trinajstić information content (AvgIpc) is 2.62. The number of rotatable bonds is 6. The summed E-state index contributed by atoms with van der Waals surface area (Å²) in [4.78, 5) is 18.9. The van der Waals surface area contributed by atoms with Crippen LogP contribution in [0.15, 0.2) is 41.4 Å². The number of aryl methyl sites for hydroxylation is 2. The van der Waals surface area contributed by atoms with Crippen molar-refractivity contribution in [2.45, 2.75) is 20.8 Å². The van der Waals surface area contributed by atoms with Crippen molar-refractivity contribution in [2.24, 2.45) is 4.99 Å². The molecule has 25 heavy (non-hydrogen) atoms. The Kier molecular flexibility index (Phi) is 6.17. The summed E-state index contributed by atoms with van der Waals surface area (Å²) in [6, 6.07) is 10.6. The maximum atomic E-state index is 12.5. The number of benzene rings is 2. The van der Waals surface area contributed by atoms with Gasteiger partial charge in [0, 0.05) is 13.6 Å². The molecule has 0 heterocycles. The first kappa shape index (κ1) is 18.5. The number of hydrogen-bond donors (Lipinski definition) is 0. The van der Waals surface area contributed by atoms with E-state index >= 15 is 0 Å². The van der Waals surface area contributed by atoms with E-state index in [2.05, 4.69) is 11.9 Å². The van der Waals surface area contributed by atoms with Crippen molar-refractivity contribution in [1.82, 2.24) is 4.90 Å². The van der Waals surface area contributed by atoms with Gasteiger partial charge in [0.25, 0.3) is 0 Å². The highest BCUT2D eigenvalue weighted by Gasteiger charge is 2.14. The summed E-state index contributed by atoms with van der Waals surface area (Å²) >= 11 is 0. The molecular weight excluding hydrogens is 316 g/mol. The topological polar surface area (TPSA) is 51.1 Å². The van der Waals surface area contributed by atoms with E-state index < -0.39 is 0 Å². The highest BCUT2D eigenvalue weighted by Crippen LogP contribution is 2.25. The zero-order chi connectivity index (χ0) is 18.4. The van der Waals surface area contributed by atoms with Crippen molar-refractivity contribution in [1.29, 1.82) is 0 Å². The van der Waals surface area contributed by atoms with Crippen LogP contribution in [0.5, 0.6) is 11.5 Å². The molecule has 0 aliphatic heterocycles. The quantitative estimate of drug-likeness (QED) is 0.343. The molecule has 0 amide bonds. The summed E-state index contributed by atoms with van der Waals surface area (Å²) in [6.07, 6.45) is 1.79. The minimum Gasteiger partial charge on any atom is -0.497 e. The van der Waals surface area contributed by atoms with Crippen molar-refractivity contribution in [3.8, 4) is 11.5 Å². The molecule has 0 saturated heterocycles. The maximum absolute atomic E-state index is 12.5. The fourth-order valence-electron chi connectivity index (χ4n) is 2.21. The Bertz CT molecular complexity index is 767. The number of esters is 1. The standard InChI is InChI=1S/C20H24N2O3/c1-6-22(4)13-21-19-12-14(2)18(11-15(19)3)20(23)25-17-9-7-16(24-5)8-10-17/h7-13H,6H2,1-5H3/b21-13+. The molecule has 0 N–H and O–H groups in total. The van der Waals surface area contributed by atoms with E-state index in [-0.39, 0.29) is 5.97 Å². The summed E-state index contributed by atoms with van der Waals surface area (Å²) in [5.41, 5.74) is 3.14. The van der Waals surface area contributed by atoms with Crippen LogP contribution in [-0.4, -0.2) is 37.9 Å². The third-order valence-electron chi connectivity index (χ3n) is 3.93. The van der Waals surface area contributed by atoms with Gasteiger partial charge >= 0.3 is 5.97 Å². The second-order valence-electron chi connectivity index (χ2n) is 5.84. The van der Waals surface area contributed by atoms with E-state index in [0.29, 0.717) is 17.1 Å². The molecule has 0 aromatic heterocycles. The summed E-state index contributed by atoms with van der Waals surface area (Å²) in [5, 5.41) is 0. The lowest BCUT2D eigenvalue weighted by atomic mass is 10.0. The van der Waals surface area contributed by atoms with Gasteiger partial charge in [0.1, 0.15) is 11.5 Å². The third-order valence-corrected chi connectivity index (χ3v) is 3.93. The van der Waals surface area contributed by atoms with Gasteiger partial charge in [-0.1, -0.05) is 0 Å². The lowest BCUT2D eigenvalue weighted by molar-refractivity contribution is 0.0734. The van der Waals surface area contributed by atoms with E-state index in [0.717, 1.165) is 23.4 Å². The first-order valence-corrected chi connectivity index (χ1v) is 8.16. The zero-order valence-corrected chi connectivity index (χ0v) is 15.4. The minimum absolute atomic E-state index is 0.382. The van der Waals surface area contributed by atoms with Crippen LogP contribution in [0.4, 0.5) is 5.69 Å². The van der Waals surface area contributed by atoms with Crippen LogP contribution in [0.2, 0.25) is 0 Å². The SMILES string of the molecule is CCN(C)/C=N/c1cc(C)c(C(=O)Oc2ccc(OC)cc2)cc1C. The first-order chi connectivity index (χ1) is 11.9. The Morgan fingerprint density at radius 2 is 1.76 bits per heavy atom. The van der Waals surface area contributed by atoms with E-state index in [1.165, 1.54) is 0 Å². The predicted octanol–water partition coefficient (Wildman–Crippen LogP) is 4.14. The van der Waals surface area contributed by atoms with Crippen LogP contribution in [-0.2, 0) is 0 Å². The molecule has 2 aromatic carbocycles. The normalized spacial score (nSPS) is 10.8. The van der Waals surface area contributed by atoms with Crippen molar-refractivity contribution >= 4 is 18.0 Å². The van der Waals surface area contributed by atoms with Gasteiger partial charge in [0.05, 0.1) is 24.7 Å². The number of nitrogens with zero attached hydrogens (tertiary/aromatic N) is 2. The molecule has 0 radical (unpaired) electrons. The van der Waals surface area contributed by atoms with Crippen LogP contribution in [0.25, 0.3) is 0 Å². The van der Waals surface area contributed by atoms with Crippen molar-refractivity contribution in [3.05, 3.63) is 53.1 Å². The fraction of sp³-hybridized carbons (Fsp3) is 0.300. The van der Waals surface area contributed by atoms with Crippen LogP contribution < -0.4 is 9.47 Å². The second-order valence-corrected chi connectivity index (χ2v) is 5.84. The van der Waals surface area contributed by atoms with Crippen molar-refractivity contribution in [3.63, 3.8) is 0 Å². The van der Waals surface area contributed by atoms with E-state index in [9.17, 15) is 4.79 Å². The highest BCUT2D eigenvalue weighted by molar-refractivity contribution is 5.93. The number of aliphatic imine (C=N–C) groups is 1. The number of carbonyl (C=O) groups is 1. The molecule has 0 fully saturated rings. The Labute approximate surface area is 148 Å². The Morgan fingerprint density at radius 3 is 2.36 bits per heavy atom. The first-order valence-electron chi connectivity index (χ1n) is 8.16. The van der Waals surface area contributed by atoms with Gasteiger partial charge in [-0.25, -0.2) is 9.79 Å². The van der Waals surface area contributed by atoms with Gasteiger partial charge in [0.2, 0.25) is 0 Å². The Hall–Kier alpha value is -2.82. The fourth-order valence-corrected chi connectivity index (χ4v) is 2.21. The van der Waals surface area contributed by atoms with Gasteiger partial charge in [-0.2, -0.15) is 0 Å². The molecule has 0 unspecified atom stereocenters. The summed E-state index contributed by atoms with van der Waals surface area (Å²) in [5.74, 6) is 0.813. The van der Waals surface area contributed by atoms with Crippen LogP contribution in [0.1, 0.15) is 28.4 Å². The molecule has 0 aliphatic carbocycles. The molecule has 0 aliphatic rings. The van der Waals surface area contributed by atoms with Crippen LogP contribution >= 0.6 is 0 Å². The van der Waals surface area contributed by atoms with Crippen molar-refractivity contribution in [2.75, 3.05) is 20.7 Å². The maximum Gasteiger partial charge on any atom is 0.343 e. The number of hydrogen-bond acceptors (Lipinski definition) is 4. The van der Waals surface area contributed by atoms with Crippen molar-refractivity contribution < 1.29 is 14.3 Å². The molecule has 0 spiro atoms. The predicted molar refractivity (Wildman–Crippen MR) is 100 cm³/mol. The molecule has 0 saturated carbocycles. The van der Waals surface area contributed by atoms with Gasteiger partial charge in [0.15, 0.2) is 0 Å². The molecule has 5 heteroatoms. The van der Waals surface area contributed by atoms with Gasteiger partial charge in [-0.15, -0.1) is 0 Å². The lowest BCUT2D eigenvalue weighted by Gasteiger charge is -2.12. The highest BCUT2D eigenvalue weighted by atomic mass is 16.5. The van der Waals surface area contributed by atoms with Gasteiger partial charge < -0.3 is 14.4 Å². The molecule has 5 nitrogen and oxygen atoms in total. The molecule has 2 rings (SSSR count). The molecule has 0 atom stereocenters. The molecule has 0 bridgehead atoms. The molecule has 2 aromatic rings. The average molecular weight is 340 g/mol. The largest absolute Gasteiger partial charge is 0.497 e. The number of ether oxygens (including phenoxy) is 2. The van der Waals surface area contributed by atoms with Gasteiger partial charge in [-0.05, 0) is 68.3 Å². The smallest absolute Gasteiger partial charge is 0.343 e. The molecule has 132 valence electrons. The minimum atomic E-state index is -0.382. The molecular formula is C20H24N2O3. The second kappa shape index (κ2) is 8.33. The Morgan fingerprint density at radius 1 is 1.12 bits per heavy atom. The van der Waals surface area contributed by atoms with Crippen LogP contribution in [0, 0.1) is 13.8 Å². The third kappa shape index (κ3) is 4.83. The summed E-state index contributed by atoms with van der Waals surface area (Å²) in [7, 11) is 3.56. The van der Waals surface area contributed by atoms with Gasteiger partial charge in [-0.3, -0.25) is 0 Å². The van der Waals surface area contributed by atoms with E-state index in [1.54, 1.807) is 37.7 Å². The summed E-state index contributed by atoms with van der Waals surface area (Å²) < 4.78 is 10.5. The Balaban J connectivity index is 2.19.